The van der Waals surface area contributed by atoms with Crippen LogP contribution in [0.1, 0.15) is 128 Å². The van der Waals surface area contributed by atoms with Gasteiger partial charge < -0.3 is 48.5 Å². The Bertz CT molecular complexity index is 3950. The third-order valence-electron chi connectivity index (χ3n) is 18.7. The number of hydrogen-bond acceptors (Lipinski definition) is 12. The predicted molar refractivity (Wildman–Crippen MR) is 378 cm³/mol. The van der Waals surface area contributed by atoms with E-state index in [1.165, 1.54) is 46.5 Å². The summed E-state index contributed by atoms with van der Waals surface area (Å²) in [4.78, 5) is 9.23. The average molecular weight is 1460 g/mol. The number of ether oxygens (including phenoxy) is 8. The van der Waals surface area contributed by atoms with E-state index in [2.05, 4.69) is 20.6 Å². The third kappa shape index (κ3) is 20.5. The Hall–Kier alpha value is -9.42. The van der Waals surface area contributed by atoms with Crippen LogP contribution in [0.3, 0.4) is 0 Å². The van der Waals surface area contributed by atoms with E-state index in [-0.39, 0.29) is 13.5 Å². The van der Waals surface area contributed by atoms with Gasteiger partial charge in [0.2, 0.25) is 0 Å². The largest absolute Gasteiger partial charge is 0.493 e. The molecule has 0 radical (unpaired) electrons. The van der Waals surface area contributed by atoms with E-state index in [1.54, 1.807) is 81.1 Å². The number of nitrogens with zero attached hydrogens (tertiary/aromatic N) is 2. The smallest absolute Gasteiger partial charge is 0.416 e. The molecule has 12 nitrogen and oxygen atoms in total. The van der Waals surface area contributed by atoms with Crippen molar-refractivity contribution in [1.82, 2.24) is 10.6 Å². The number of fused-ring (bicyclic) bond motifs is 4. The van der Waals surface area contributed by atoms with Crippen LogP contribution >= 0.6 is 0 Å². The molecule has 4 heterocycles. The molecule has 0 aromatic heterocycles. The lowest BCUT2D eigenvalue weighted by atomic mass is 9.90. The molecule has 0 aliphatic carbocycles. The fraction of sp³-hybridized carbons (Fsp3) is 0.375. The van der Waals surface area contributed by atoms with Gasteiger partial charge in [0, 0.05) is 49.2 Å². The van der Waals surface area contributed by atoms with Crippen molar-refractivity contribution in [2.75, 3.05) is 83.1 Å². The molecule has 4 aliphatic heterocycles. The second kappa shape index (κ2) is 35.4. The number of alkyl halides is 12. The number of rotatable bonds is 20. The van der Waals surface area contributed by atoms with Gasteiger partial charge in [-0.2, -0.15) is 52.7 Å². The van der Waals surface area contributed by atoms with Gasteiger partial charge in [-0.05, 0) is 243 Å². The van der Waals surface area contributed by atoms with E-state index in [1.807, 2.05) is 48.5 Å². The van der Waals surface area contributed by atoms with Crippen molar-refractivity contribution in [3.05, 3.63) is 235 Å². The zero-order valence-corrected chi connectivity index (χ0v) is 59.0. The molecule has 0 saturated carbocycles. The van der Waals surface area contributed by atoms with Crippen LogP contribution in [0.25, 0.3) is 0 Å². The molecule has 0 saturated heterocycles. The highest BCUT2D eigenvalue weighted by Crippen LogP contribution is 2.41. The number of hydrogen-bond donors (Lipinski definition) is 2. The van der Waals surface area contributed by atoms with E-state index in [0.29, 0.717) is 86.1 Å². The summed E-state index contributed by atoms with van der Waals surface area (Å²) in [5, 5.41) is 6.99. The van der Waals surface area contributed by atoms with Crippen LogP contribution in [0.2, 0.25) is 0 Å². The third-order valence-corrected chi connectivity index (χ3v) is 18.7. The van der Waals surface area contributed by atoms with Crippen molar-refractivity contribution in [2.24, 2.45) is 9.98 Å². The standard InChI is InChI=1S/2C20H22F3NO2.2C20H20F3NO2.H2/c4*1-25-18-11-14-9-10-24-17(16(14)12-19(18)26-2)8-5-13-3-6-15(7-4-13)20(21,22)23;/h2*3-4,6-7,11-12,17,24H,5,8-10H2,1-2H3;2*3-4,6-7,11-12H,5,8-10H2,1-2H3;1H/t2*17-;;;/m00.../s1. The van der Waals surface area contributed by atoms with Crippen LogP contribution < -0.4 is 48.5 Å². The normalized spacial score (nSPS) is 15.3. The summed E-state index contributed by atoms with van der Waals surface area (Å²) in [6.45, 7) is 3.12. The van der Waals surface area contributed by atoms with E-state index < -0.39 is 47.0 Å². The highest BCUT2D eigenvalue weighted by atomic mass is 19.4. The quantitative estimate of drug-likeness (QED) is 0.0713. The summed E-state index contributed by atoms with van der Waals surface area (Å²) in [6.07, 6.45) is -8.14. The summed E-state index contributed by atoms with van der Waals surface area (Å²) >= 11 is 0. The molecule has 104 heavy (non-hydrogen) atoms. The Morgan fingerprint density at radius 3 is 0.837 bits per heavy atom. The van der Waals surface area contributed by atoms with Gasteiger partial charge in [0.15, 0.2) is 46.0 Å². The van der Waals surface area contributed by atoms with Crippen molar-refractivity contribution >= 4 is 11.4 Å². The molecule has 2 N–H and O–H groups in total. The van der Waals surface area contributed by atoms with E-state index in [0.717, 1.165) is 168 Å². The summed E-state index contributed by atoms with van der Waals surface area (Å²) in [5.74, 6) is 5.49. The highest BCUT2D eigenvalue weighted by molar-refractivity contribution is 6.04. The average Bonchev–Trinajstić information content (AvgIpc) is 0.810. The molecule has 24 heteroatoms. The van der Waals surface area contributed by atoms with Crippen molar-refractivity contribution in [3.8, 4) is 46.0 Å². The molecule has 2 atom stereocenters. The van der Waals surface area contributed by atoms with Crippen molar-refractivity contribution in [2.45, 2.75) is 114 Å². The Kier molecular flexibility index (Phi) is 26.8. The lowest BCUT2D eigenvalue weighted by Gasteiger charge is -2.28. The molecule has 8 aromatic rings. The minimum absolute atomic E-state index is 0. The van der Waals surface area contributed by atoms with Gasteiger partial charge in [0.25, 0.3) is 0 Å². The molecule has 0 fully saturated rings. The molecular weight excluding hydrogens is 1370 g/mol. The first-order valence-electron chi connectivity index (χ1n) is 33.9. The van der Waals surface area contributed by atoms with Crippen LogP contribution in [-0.2, 0) is 76.1 Å². The van der Waals surface area contributed by atoms with Gasteiger partial charge in [-0.15, -0.1) is 0 Å². The maximum absolute atomic E-state index is 12.7. The van der Waals surface area contributed by atoms with Crippen LogP contribution in [0.4, 0.5) is 52.7 Å². The van der Waals surface area contributed by atoms with Gasteiger partial charge in [-0.3, -0.25) is 9.98 Å². The summed E-state index contributed by atoms with van der Waals surface area (Å²) in [7, 11) is 12.8. The maximum atomic E-state index is 12.7. The number of benzene rings is 8. The highest BCUT2D eigenvalue weighted by Gasteiger charge is 2.34. The topological polar surface area (TPSA) is 123 Å². The molecular formula is C80H86F12N4O8. The van der Waals surface area contributed by atoms with Crippen LogP contribution in [0.15, 0.2) is 156 Å². The SMILES string of the molecule is COc1cc2c(cc1OC)C(CCc1ccc(C(F)(F)F)cc1)=NCC2.COc1cc2c(cc1OC)C(CCc1ccc(C(F)(F)F)cc1)=NCC2.COc1cc2c(cc1OC)[C@H](CCc1ccc(C(F)(F)F)cc1)NCC2.COc1cc2c(cc1OC)[C@H](CCc1ccc(C(F)(F)F)cc1)NCC2.[HH]. The lowest BCUT2D eigenvalue weighted by molar-refractivity contribution is -0.138. The fourth-order valence-corrected chi connectivity index (χ4v) is 13.1. The number of aliphatic imine (C=N–C) groups is 2. The van der Waals surface area contributed by atoms with Gasteiger partial charge >= 0.3 is 24.7 Å². The molecule has 8 aromatic carbocycles. The van der Waals surface area contributed by atoms with Crippen LogP contribution in [0, 0.1) is 0 Å². The molecule has 558 valence electrons. The zero-order valence-electron chi connectivity index (χ0n) is 59.0. The van der Waals surface area contributed by atoms with Crippen molar-refractivity contribution < 1.29 is 92.0 Å². The molecule has 0 unspecified atom stereocenters. The first kappa shape index (κ1) is 78.7. The Balaban J connectivity index is 0.000000176. The van der Waals surface area contributed by atoms with E-state index in [9.17, 15) is 52.7 Å². The van der Waals surface area contributed by atoms with E-state index >= 15 is 0 Å². The van der Waals surface area contributed by atoms with Gasteiger partial charge in [-0.25, -0.2) is 0 Å². The zero-order chi connectivity index (χ0) is 74.9. The van der Waals surface area contributed by atoms with Crippen LogP contribution in [-0.4, -0.2) is 94.5 Å². The summed E-state index contributed by atoms with van der Waals surface area (Å²) < 4.78 is 195. The van der Waals surface area contributed by atoms with Gasteiger partial charge in [0.05, 0.1) is 79.1 Å². The second-order valence-corrected chi connectivity index (χ2v) is 25.1. The Morgan fingerprint density at radius 1 is 0.317 bits per heavy atom. The van der Waals surface area contributed by atoms with Crippen LogP contribution in [0.5, 0.6) is 46.0 Å². The van der Waals surface area contributed by atoms with Gasteiger partial charge in [0.1, 0.15) is 0 Å². The summed E-state index contributed by atoms with van der Waals surface area (Å²) in [5.41, 5.74) is 12.1. The van der Waals surface area contributed by atoms with Gasteiger partial charge in [-0.1, -0.05) is 48.5 Å². The molecule has 0 bridgehead atoms. The molecule has 0 amide bonds. The van der Waals surface area contributed by atoms with E-state index in [4.69, 9.17) is 37.9 Å². The number of nitrogens with one attached hydrogen (secondary N) is 2. The monoisotopic (exact) mass is 1460 g/mol. The minimum atomic E-state index is -4.31. The second-order valence-electron chi connectivity index (χ2n) is 25.1. The lowest BCUT2D eigenvalue weighted by Crippen LogP contribution is -2.30. The van der Waals surface area contributed by atoms with Crippen molar-refractivity contribution in [1.29, 1.82) is 0 Å². The molecule has 4 aliphatic rings. The summed E-state index contributed by atoms with van der Waals surface area (Å²) in [6, 6.07) is 37.5. The number of aryl methyl sites for hydroxylation is 4. The Morgan fingerprint density at radius 2 is 0.567 bits per heavy atom. The van der Waals surface area contributed by atoms with Crippen molar-refractivity contribution in [3.63, 3.8) is 0 Å². The maximum Gasteiger partial charge on any atom is 0.416 e. The Labute approximate surface area is 599 Å². The molecule has 0 spiro atoms. The fourth-order valence-electron chi connectivity index (χ4n) is 13.1. The number of methoxy groups -OCH3 is 8. The first-order valence-corrected chi connectivity index (χ1v) is 33.9. The number of halogens is 12. The molecule has 12 rings (SSSR count). The first-order chi connectivity index (χ1) is 49.7. The predicted octanol–water partition coefficient (Wildman–Crippen LogP) is 18.7. The minimum Gasteiger partial charge on any atom is -0.493 e.